The molecule has 1 aromatic heterocycles. The second-order valence-corrected chi connectivity index (χ2v) is 3.77. The van der Waals surface area contributed by atoms with Crippen LogP contribution >= 0.6 is 15.9 Å². The zero-order valence-corrected chi connectivity index (χ0v) is 9.00. The van der Waals surface area contributed by atoms with Crippen molar-refractivity contribution in [3.8, 4) is 11.4 Å². The van der Waals surface area contributed by atoms with Gasteiger partial charge in [-0.05, 0) is 12.1 Å². The van der Waals surface area contributed by atoms with Gasteiger partial charge < -0.3 is 0 Å². The Bertz CT molecular complexity index is 453. The number of aromatic amines is 1. The van der Waals surface area contributed by atoms with Gasteiger partial charge >= 0.3 is 0 Å². The minimum atomic E-state index is -2.62. The Morgan fingerprint density at radius 2 is 1.87 bits per heavy atom. The summed E-state index contributed by atoms with van der Waals surface area (Å²) in [4.78, 5) is 3.68. The van der Waals surface area contributed by atoms with E-state index in [1.165, 1.54) is 0 Å². The lowest BCUT2D eigenvalue weighted by Crippen LogP contribution is -1.86. The fraction of sp³-hybridized carbons (Fsp3) is 0.111. The van der Waals surface area contributed by atoms with Crippen molar-refractivity contribution in [2.24, 2.45) is 0 Å². The second-order valence-electron chi connectivity index (χ2n) is 2.85. The molecule has 2 aromatic rings. The predicted octanol–water partition coefficient (Wildman–Crippen LogP) is 3.17. The lowest BCUT2D eigenvalue weighted by atomic mass is 10.2. The molecule has 0 saturated carbocycles. The van der Waals surface area contributed by atoms with Crippen LogP contribution in [0.5, 0.6) is 0 Å². The molecule has 0 fully saturated rings. The van der Waals surface area contributed by atoms with Crippen LogP contribution in [0.25, 0.3) is 11.4 Å². The fourth-order valence-corrected chi connectivity index (χ4v) is 1.36. The Hall–Kier alpha value is -1.30. The lowest BCUT2D eigenvalue weighted by molar-refractivity contribution is 0.141. The molecule has 6 heteroatoms. The Balaban J connectivity index is 2.33. The van der Waals surface area contributed by atoms with Gasteiger partial charge in [-0.3, -0.25) is 5.10 Å². The van der Waals surface area contributed by atoms with Crippen molar-refractivity contribution in [2.45, 2.75) is 6.43 Å². The zero-order valence-electron chi connectivity index (χ0n) is 7.42. The first-order chi connectivity index (χ1) is 7.16. The summed E-state index contributed by atoms with van der Waals surface area (Å²) in [6, 6.07) is 7.10. The summed E-state index contributed by atoms with van der Waals surface area (Å²) < 4.78 is 25.4. The van der Waals surface area contributed by atoms with Crippen LogP contribution in [0.3, 0.4) is 0 Å². The molecule has 1 N–H and O–H groups in total. The molecular weight excluding hydrogens is 268 g/mol. The molecule has 0 amide bonds. The fourth-order valence-electron chi connectivity index (χ4n) is 1.10. The smallest absolute Gasteiger partial charge is 0.258 e. The lowest BCUT2D eigenvalue weighted by Gasteiger charge is -1.94. The van der Waals surface area contributed by atoms with Gasteiger partial charge in [0.05, 0.1) is 0 Å². The topological polar surface area (TPSA) is 41.6 Å². The average Bonchev–Trinajstić information content (AvgIpc) is 2.68. The summed E-state index contributed by atoms with van der Waals surface area (Å²) in [7, 11) is 0. The van der Waals surface area contributed by atoms with Crippen LogP contribution in [-0.2, 0) is 0 Å². The first-order valence-corrected chi connectivity index (χ1v) is 4.92. The van der Waals surface area contributed by atoms with E-state index in [4.69, 9.17) is 0 Å². The summed E-state index contributed by atoms with van der Waals surface area (Å²) >= 11 is 3.28. The molecule has 0 bridgehead atoms. The van der Waals surface area contributed by atoms with E-state index < -0.39 is 12.2 Å². The number of halogens is 3. The molecule has 78 valence electrons. The van der Waals surface area contributed by atoms with E-state index in [1.54, 1.807) is 24.3 Å². The Morgan fingerprint density at radius 3 is 2.40 bits per heavy atom. The van der Waals surface area contributed by atoms with E-state index in [1.807, 2.05) is 0 Å². The third-order valence-electron chi connectivity index (χ3n) is 1.81. The maximum atomic E-state index is 12.2. The van der Waals surface area contributed by atoms with Crippen LogP contribution < -0.4 is 0 Å². The molecule has 1 heterocycles. The normalized spacial score (nSPS) is 10.9. The molecule has 3 nitrogen and oxygen atoms in total. The van der Waals surface area contributed by atoms with E-state index in [-0.39, 0.29) is 5.82 Å². The van der Waals surface area contributed by atoms with Gasteiger partial charge in [-0.15, -0.1) is 0 Å². The van der Waals surface area contributed by atoms with Crippen molar-refractivity contribution in [3.63, 3.8) is 0 Å². The molecule has 1 aromatic carbocycles. The number of nitrogens with one attached hydrogen (secondary N) is 1. The summed E-state index contributed by atoms with van der Waals surface area (Å²) in [5.41, 5.74) is 0.696. The molecule has 0 saturated heterocycles. The molecule has 0 spiro atoms. The zero-order chi connectivity index (χ0) is 10.8. The van der Waals surface area contributed by atoms with Crippen molar-refractivity contribution in [1.82, 2.24) is 15.2 Å². The minimum Gasteiger partial charge on any atom is -0.258 e. The SMILES string of the molecule is FC(F)c1nc(-c2ccc(Br)cc2)n[nH]1. The van der Waals surface area contributed by atoms with Crippen LogP contribution in [-0.4, -0.2) is 15.2 Å². The second kappa shape index (κ2) is 4.06. The van der Waals surface area contributed by atoms with Crippen molar-refractivity contribution < 1.29 is 8.78 Å². The molecule has 0 atom stereocenters. The third-order valence-corrected chi connectivity index (χ3v) is 2.34. The maximum Gasteiger partial charge on any atom is 0.296 e. The summed E-state index contributed by atoms with van der Waals surface area (Å²) in [5.74, 6) is -0.134. The number of nitrogens with zero attached hydrogens (tertiary/aromatic N) is 2. The van der Waals surface area contributed by atoms with Gasteiger partial charge in [0.2, 0.25) is 0 Å². The van der Waals surface area contributed by atoms with E-state index in [0.717, 1.165) is 4.47 Å². The standard InChI is InChI=1S/C9H6BrF2N3/c10-6-3-1-5(2-4-6)8-13-9(7(11)12)15-14-8/h1-4,7H,(H,13,14,15). The highest BCUT2D eigenvalue weighted by Gasteiger charge is 2.13. The van der Waals surface area contributed by atoms with Crippen LogP contribution in [0.2, 0.25) is 0 Å². The van der Waals surface area contributed by atoms with Gasteiger partial charge in [-0.2, -0.15) is 5.10 Å². The Morgan fingerprint density at radius 1 is 1.20 bits per heavy atom. The van der Waals surface area contributed by atoms with Crippen LogP contribution in [0.15, 0.2) is 28.7 Å². The van der Waals surface area contributed by atoms with Gasteiger partial charge in [0.25, 0.3) is 6.43 Å². The minimum absolute atomic E-state index is 0.276. The highest BCUT2D eigenvalue weighted by molar-refractivity contribution is 9.10. The van der Waals surface area contributed by atoms with Crippen molar-refractivity contribution in [2.75, 3.05) is 0 Å². The predicted molar refractivity (Wildman–Crippen MR) is 54.5 cm³/mol. The molecule has 15 heavy (non-hydrogen) atoms. The Labute approximate surface area is 92.7 Å². The highest BCUT2D eigenvalue weighted by Crippen LogP contribution is 2.20. The van der Waals surface area contributed by atoms with Gasteiger partial charge in [0.15, 0.2) is 11.6 Å². The van der Waals surface area contributed by atoms with Crippen molar-refractivity contribution in [1.29, 1.82) is 0 Å². The van der Waals surface area contributed by atoms with Gasteiger partial charge in [0, 0.05) is 10.0 Å². The van der Waals surface area contributed by atoms with Gasteiger partial charge in [-0.1, -0.05) is 28.1 Å². The van der Waals surface area contributed by atoms with E-state index >= 15 is 0 Å². The number of H-pyrrole nitrogens is 1. The van der Waals surface area contributed by atoms with Crippen LogP contribution in [0, 0.1) is 0 Å². The van der Waals surface area contributed by atoms with Crippen LogP contribution in [0.1, 0.15) is 12.2 Å². The monoisotopic (exact) mass is 273 g/mol. The van der Waals surface area contributed by atoms with E-state index in [2.05, 4.69) is 31.1 Å². The van der Waals surface area contributed by atoms with E-state index in [0.29, 0.717) is 5.56 Å². The van der Waals surface area contributed by atoms with Gasteiger partial charge in [-0.25, -0.2) is 13.8 Å². The summed E-state index contributed by atoms with van der Waals surface area (Å²) in [6.45, 7) is 0. The Kier molecular flexibility index (Phi) is 2.77. The first-order valence-electron chi connectivity index (χ1n) is 4.13. The molecule has 0 unspecified atom stereocenters. The number of hydrogen-bond donors (Lipinski definition) is 1. The van der Waals surface area contributed by atoms with Gasteiger partial charge in [0.1, 0.15) is 0 Å². The quantitative estimate of drug-likeness (QED) is 0.913. The summed E-state index contributed by atoms with van der Waals surface area (Å²) in [5, 5.41) is 5.90. The molecule has 0 aliphatic heterocycles. The molecule has 0 radical (unpaired) electrons. The van der Waals surface area contributed by atoms with E-state index in [9.17, 15) is 8.78 Å². The molecule has 2 rings (SSSR count). The molecule has 0 aliphatic rings. The van der Waals surface area contributed by atoms with Crippen LogP contribution in [0.4, 0.5) is 8.78 Å². The van der Waals surface area contributed by atoms with Crippen molar-refractivity contribution in [3.05, 3.63) is 34.6 Å². The summed E-state index contributed by atoms with van der Waals surface area (Å²) in [6.07, 6.45) is -2.62. The molecular formula is C9H6BrF2N3. The number of hydrogen-bond acceptors (Lipinski definition) is 2. The largest absolute Gasteiger partial charge is 0.296 e. The number of rotatable bonds is 2. The highest BCUT2D eigenvalue weighted by atomic mass is 79.9. The third kappa shape index (κ3) is 2.20. The average molecular weight is 274 g/mol. The maximum absolute atomic E-state index is 12.2. The first kappa shape index (κ1) is 10.2. The number of alkyl halides is 2. The number of benzene rings is 1. The van der Waals surface area contributed by atoms with Crippen molar-refractivity contribution >= 4 is 15.9 Å². The molecule has 0 aliphatic carbocycles. The number of aromatic nitrogens is 3.